The van der Waals surface area contributed by atoms with Crippen molar-refractivity contribution in [2.75, 3.05) is 0 Å². The highest BCUT2D eigenvalue weighted by Gasteiger charge is 2.33. The number of aliphatic hydroxyl groups is 1. The van der Waals surface area contributed by atoms with Crippen molar-refractivity contribution in [3.05, 3.63) is 34.4 Å². The molecule has 0 amide bonds. The largest absolute Gasteiger partial charge is 0.382 e. The Morgan fingerprint density at radius 2 is 1.53 bits per heavy atom. The highest BCUT2D eigenvalue weighted by Crippen LogP contribution is 2.25. The van der Waals surface area contributed by atoms with E-state index in [9.17, 15) is 9.90 Å². The summed E-state index contributed by atoms with van der Waals surface area (Å²) < 4.78 is 0. The molecule has 0 radical (unpaired) electrons. The van der Waals surface area contributed by atoms with E-state index in [1.165, 1.54) is 5.56 Å². The van der Waals surface area contributed by atoms with Gasteiger partial charge in [-0.2, -0.15) is 0 Å². The number of hydrogen-bond acceptors (Lipinski definition) is 2. The van der Waals surface area contributed by atoms with Gasteiger partial charge < -0.3 is 5.11 Å². The lowest BCUT2D eigenvalue weighted by molar-refractivity contribution is 0.0277. The van der Waals surface area contributed by atoms with Crippen LogP contribution in [0.5, 0.6) is 0 Å². The minimum Gasteiger partial charge on any atom is -0.382 e. The van der Waals surface area contributed by atoms with Crippen LogP contribution in [0, 0.1) is 20.8 Å². The van der Waals surface area contributed by atoms with Gasteiger partial charge in [0.2, 0.25) is 0 Å². The Morgan fingerprint density at radius 3 is 2.00 bits per heavy atom. The lowest BCUT2D eigenvalue weighted by Gasteiger charge is -2.24. The van der Waals surface area contributed by atoms with Gasteiger partial charge in [0, 0.05) is 5.56 Å². The maximum Gasteiger partial charge on any atom is 0.194 e. The fraction of sp³-hybridized carbons (Fsp3) is 0.533. The molecule has 0 bridgehead atoms. The molecule has 0 unspecified atom stereocenters. The highest BCUT2D eigenvalue weighted by molar-refractivity contribution is 6.03. The van der Waals surface area contributed by atoms with Crippen LogP contribution < -0.4 is 0 Å². The molecule has 0 saturated heterocycles. The number of ketones is 1. The van der Waals surface area contributed by atoms with Crippen molar-refractivity contribution < 1.29 is 9.90 Å². The SMILES string of the molecule is CCC(O)(CC)C(=O)c1cc(C)c(C)cc1C. The van der Waals surface area contributed by atoms with Gasteiger partial charge >= 0.3 is 0 Å². The zero-order valence-corrected chi connectivity index (χ0v) is 11.4. The van der Waals surface area contributed by atoms with Crippen LogP contribution in [-0.2, 0) is 0 Å². The van der Waals surface area contributed by atoms with Crippen molar-refractivity contribution in [3.63, 3.8) is 0 Å². The number of carbonyl (C=O) groups excluding carboxylic acids is 1. The minimum absolute atomic E-state index is 0.150. The van der Waals surface area contributed by atoms with Crippen molar-refractivity contribution >= 4 is 5.78 Å². The molecule has 94 valence electrons. The van der Waals surface area contributed by atoms with Gasteiger partial charge in [0.15, 0.2) is 5.78 Å². The standard InChI is InChI=1S/C15H22O2/c1-6-15(17,7-2)14(16)13-9-11(4)10(3)8-12(13)5/h8-9,17H,6-7H2,1-5H3. The Hall–Kier alpha value is -1.15. The van der Waals surface area contributed by atoms with Gasteiger partial charge in [-0.25, -0.2) is 0 Å². The Morgan fingerprint density at radius 1 is 1.06 bits per heavy atom. The lowest BCUT2D eigenvalue weighted by atomic mass is 9.85. The number of aryl methyl sites for hydroxylation is 3. The van der Waals surface area contributed by atoms with Crippen molar-refractivity contribution in [1.82, 2.24) is 0 Å². The molecule has 2 nitrogen and oxygen atoms in total. The molecule has 0 aliphatic heterocycles. The molecule has 1 aromatic rings. The number of hydrogen-bond donors (Lipinski definition) is 1. The summed E-state index contributed by atoms with van der Waals surface area (Å²) in [4.78, 5) is 12.4. The zero-order valence-electron chi connectivity index (χ0n) is 11.4. The van der Waals surface area contributed by atoms with Gasteiger partial charge in [-0.1, -0.05) is 19.9 Å². The molecular weight excluding hydrogens is 212 g/mol. The summed E-state index contributed by atoms with van der Waals surface area (Å²) in [5.74, 6) is -0.150. The molecule has 0 aromatic heterocycles. The van der Waals surface area contributed by atoms with E-state index < -0.39 is 5.60 Å². The van der Waals surface area contributed by atoms with Gasteiger partial charge in [-0.05, 0) is 56.4 Å². The normalized spacial score (nSPS) is 11.6. The first-order valence-electron chi connectivity index (χ1n) is 6.20. The van der Waals surface area contributed by atoms with Crippen LogP contribution in [0.4, 0.5) is 0 Å². The molecule has 0 aliphatic rings. The van der Waals surface area contributed by atoms with E-state index in [0.29, 0.717) is 18.4 Å². The Bertz CT molecular complexity index is 429. The summed E-state index contributed by atoms with van der Waals surface area (Å²) in [5.41, 5.74) is 2.65. The average Bonchev–Trinajstić information content (AvgIpc) is 2.32. The van der Waals surface area contributed by atoms with Gasteiger partial charge in [0.25, 0.3) is 0 Å². The summed E-state index contributed by atoms with van der Waals surface area (Å²) in [5, 5.41) is 10.3. The summed E-state index contributed by atoms with van der Waals surface area (Å²) >= 11 is 0. The summed E-state index contributed by atoms with van der Waals surface area (Å²) in [6, 6.07) is 3.90. The first kappa shape index (κ1) is 13.9. The number of carbonyl (C=O) groups is 1. The molecule has 0 atom stereocenters. The maximum absolute atomic E-state index is 12.4. The van der Waals surface area contributed by atoms with E-state index in [1.807, 2.05) is 46.8 Å². The zero-order chi connectivity index (χ0) is 13.2. The number of Topliss-reactive ketones (excluding diaryl/α,β-unsaturated/α-hetero) is 1. The predicted octanol–water partition coefficient (Wildman–Crippen LogP) is 3.35. The average molecular weight is 234 g/mol. The van der Waals surface area contributed by atoms with Gasteiger partial charge in [0.05, 0.1) is 0 Å². The fourth-order valence-electron chi connectivity index (χ4n) is 2.03. The first-order valence-corrected chi connectivity index (χ1v) is 6.20. The molecule has 0 saturated carbocycles. The Balaban J connectivity index is 3.26. The maximum atomic E-state index is 12.4. The van der Waals surface area contributed by atoms with Crippen LogP contribution in [0.1, 0.15) is 53.7 Å². The van der Waals surface area contributed by atoms with E-state index in [1.54, 1.807) is 0 Å². The third kappa shape index (κ3) is 2.58. The van der Waals surface area contributed by atoms with Crippen molar-refractivity contribution in [2.45, 2.75) is 53.1 Å². The van der Waals surface area contributed by atoms with Crippen LogP contribution in [0.25, 0.3) is 0 Å². The second kappa shape index (κ2) is 5.01. The second-order valence-electron chi connectivity index (χ2n) is 4.82. The van der Waals surface area contributed by atoms with Crippen LogP contribution in [-0.4, -0.2) is 16.5 Å². The minimum atomic E-state index is -1.22. The Kier molecular flexibility index (Phi) is 4.10. The number of rotatable bonds is 4. The van der Waals surface area contributed by atoms with Crippen molar-refractivity contribution in [3.8, 4) is 0 Å². The third-order valence-electron chi connectivity index (χ3n) is 3.68. The summed E-state index contributed by atoms with van der Waals surface area (Å²) in [7, 11) is 0. The highest BCUT2D eigenvalue weighted by atomic mass is 16.3. The molecule has 0 heterocycles. The third-order valence-corrected chi connectivity index (χ3v) is 3.68. The van der Waals surface area contributed by atoms with Crippen LogP contribution >= 0.6 is 0 Å². The van der Waals surface area contributed by atoms with E-state index >= 15 is 0 Å². The van der Waals surface area contributed by atoms with E-state index in [0.717, 1.165) is 11.1 Å². The smallest absolute Gasteiger partial charge is 0.194 e. The predicted molar refractivity (Wildman–Crippen MR) is 70.5 cm³/mol. The van der Waals surface area contributed by atoms with Gasteiger partial charge in [-0.3, -0.25) is 4.79 Å². The van der Waals surface area contributed by atoms with Crippen LogP contribution in [0.15, 0.2) is 12.1 Å². The van der Waals surface area contributed by atoms with Crippen molar-refractivity contribution in [1.29, 1.82) is 0 Å². The monoisotopic (exact) mass is 234 g/mol. The van der Waals surface area contributed by atoms with E-state index in [-0.39, 0.29) is 5.78 Å². The molecule has 17 heavy (non-hydrogen) atoms. The molecule has 0 fully saturated rings. The molecule has 1 rings (SSSR count). The van der Waals surface area contributed by atoms with Crippen LogP contribution in [0.3, 0.4) is 0 Å². The lowest BCUT2D eigenvalue weighted by Crippen LogP contribution is -2.37. The van der Waals surface area contributed by atoms with Gasteiger partial charge in [0.1, 0.15) is 5.60 Å². The summed E-state index contributed by atoms with van der Waals surface area (Å²) in [6.07, 6.45) is 0.906. The molecule has 1 aromatic carbocycles. The molecule has 0 aliphatic carbocycles. The van der Waals surface area contributed by atoms with Crippen molar-refractivity contribution in [2.24, 2.45) is 0 Å². The summed E-state index contributed by atoms with van der Waals surface area (Å²) in [6.45, 7) is 9.63. The number of benzene rings is 1. The molecule has 0 spiro atoms. The van der Waals surface area contributed by atoms with E-state index in [4.69, 9.17) is 0 Å². The second-order valence-corrected chi connectivity index (χ2v) is 4.82. The quantitative estimate of drug-likeness (QED) is 0.811. The van der Waals surface area contributed by atoms with Gasteiger partial charge in [-0.15, -0.1) is 0 Å². The van der Waals surface area contributed by atoms with Crippen LogP contribution in [0.2, 0.25) is 0 Å². The fourth-order valence-corrected chi connectivity index (χ4v) is 2.03. The molecule has 2 heteroatoms. The molecule has 1 N–H and O–H groups in total. The topological polar surface area (TPSA) is 37.3 Å². The molecular formula is C15H22O2. The van der Waals surface area contributed by atoms with E-state index in [2.05, 4.69) is 0 Å². The first-order chi connectivity index (χ1) is 7.85. The Labute approximate surface area is 104 Å².